The molecular formula is C22H25Cl3O5. The second-order valence-electron chi connectivity index (χ2n) is 7.30. The van der Waals surface area contributed by atoms with Crippen molar-refractivity contribution >= 4 is 40.6 Å². The highest BCUT2D eigenvalue weighted by atomic mass is 35.5. The zero-order valence-electron chi connectivity index (χ0n) is 17.1. The van der Waals surface area contributed by atoms with Gasteiger partial charge in [0, 0.05) is 12.5 Å². The number of halogens is 3. The minimum atomic E-state index is -0.805. The summed E-state index contributed by atoms with van der Waals surface area (Å²) in [7, 11) is 1.47. The van der Waals surface area contributed by atoms with Crippen molar-refractivity contribution in [3.63, 3.8) is 0 Å². The van der Waals surface area contributed by atoms with E-state index in [9.17, 15) is 9.90 Å². The van der Waals surface area contributed by atoms with Crippen LogP contribution in [-0.2, 0) is 14.9 Å². The summed E-state index contributed by atoms with van der Waals surface area (Å²) in [6.07, 6.45) is -0.805. The maximum absolute atomic E-state index is 11.5. The van der Waals surface area contributed by atoms with Gasteiger partial charge in [-0.2, -0.15) is 0 Å². The molecule has 0 radical (unpaired) electrons. The Hall–Kier alpha value is -1.50. The van der Waals surface area contributed by atoms with Gasteiger partial charge < -0.3 is 19.3 Å². The third kappa shape index (κ3) is 6.50. The van der Waals surface area contributed by atoms with E-state index in [0.717, 1.165) is 11.1 Å². The van der Waals surface area contributed by atoms with Crippen molar-refractivity contribution in [3.8, 4) is 11.5 Å². The van der Waals surface area contributed by atoms with Crippen molar-refractivity contribution in [1.29, 1.82) is 0 Å². The van der Waals surface area contributed by atoms with Crippen molar-refractivity contribution in [2.75, 3.05) is 32.8 Å². The quantitative estimate of drug-likeness (QED) is 0.469. The van der Waals surface area contributed by atoms with Crippen LogP contribution >= 0.6 is 34.8 Å². The first-order valence-corrected chi connectivity index (χ1v) is 10.6. The maximum Gasteiger partial charge on any atom is 0.195 e. The number of benzene rings is 2. The van der Waals surface area contributed by atoms with Gasteiger partial charge in [-0.15, -0.1) is 11.6 Å². The molecule has 5 nitrogen and oxygen atoms in total. The number of hydrogen-bond donors (Lipinski definition) is 1. The molecule has 0 aliphatic rings. The minimum absolute atomic E-state index is 0.0000254. The van der Waals surface area contributed by atoms with Crippen molar-refractivity contribution in [3.05, 3.63) is 57.6 Å². The van der Waals surface area contributed by atoms with Crippen molar-refractivity contribution in [2.45, 2.75) is 25.4 Å². The summed E-state index contributed by atoms with van der Waals surface area (Å²) in [4.78, 5) is 11.5. The highest BCUT2D eigenvalue weighted by molar-refractivity contribution is 6.37. The molecule has 0 heterocycles. The van der Waals surface area contributed by atoms with Gasteiger partial charge >= 0.3 is 0 Å². The van der Waals surface area contributed by atoms with Gasteiger partial charge in [0.15, 0.2) is 11.5 Å². The molecule has 30 heavy (non-hydrogen) atoms. The first kappa shape index (κ1) is 24.8. The second kappa shape index (κ2) is 11.2. The summed E-state index contributed by atoms with van der Waals surface area (Å²) in [5.74, 6) is 0.830. The topological polar surface area (TPSA) is 65.0 Å². The number of methoxy groups -OCH3 is 1. The largest absolute Gasteiger partial charge is 0.488 e. The van der Waals surface area contributed by atoms with E-state index in [4.69, 9.17) is 49.0 Å². The number of carbonyl (C=O) groups is 1. The monoisotopic (exact) mass is 474 g/mol. The number of aliphatic hydroxyl groups is 1. The first-order chi connectivity index (χ1) is 14.2. The lowest BCUT2D eigenvalue weighted by Gasteiger charge is -2.27. The number of ketones is 1. The first-order valence-electron chi connectivity index (χ1n) is 9.29. The van der Waals surface area contributed by atoms with Gasteiger partial charge in [0.25, 0.3) is 0 Å². The van der Waals surface area contributed by atoms with E-state index in [2.05, 4.69) is 0 Å². The summed E-state index contributed by atoms with van der Waals surface area (Å²) in [6, 6.07) is 11.1. The van der Waals surface area contributed by atoms with Crippen molar-refractivity contribution < 1.29 is 24.1 Å². The second-order valence-corrected chi connectivity index (χ2v) is 8.42. The van der Waals surface area contributed by atoms with Crippen LogP contribution in [0.25, 0.3) is 0 Å². The van der Waals surface area contributed by atoms with Crippen LogP contribution in [0.4, 0.5) is 0 Å². The average molecular weight is 476 g/mol. The van der Waals surface area contributed by atoms with Crippen LogP contribution in [0.5, 0.6) is 11.5 Å². The van der Waals surface area contributed by atoms with Gasteiger partial charge in [0.05, 0.1) is 15.9 Å². The Bertz CT molecular complexity index is 829. The number of hydrogen-bond acceptors (Lipinski definition) is 5. The van der Waals surface area contributed by atoms with Gasteiger partial charge in [0.1, 0.15) is 31.7 Å². The van der Waals surface area contributed by atoms with E-state index in [0.29, 0.717) is 21.5 Å². The minimum Gasteiger partial charge on any atom is -0.488 e. The van der Waals surface area contributed by atoms with E-state index in [1.165, 1.54) is 7.11 Å². The molecule has 0 amide bonds. The Labute approximate surface area is 191 Å². The lowest BCUT2D eigenvalue weighted by atomic mass is 9.78. The highest BCUT2D eigenvalue weighted by Crippen LogP contribution is 2.40. The number of carbonyl (C=O) groups excluding carboxylic acids is 1. The number of aliphatic hydroxyl groups excluding tert-OH is 1. The molecule has 1 N–H and O–H groups in total. The lowest BCUT2D eigenvalue weighted by molar-refractivity contribution is -0.124. The van der Waals surface area contributed by atoms with Crippen LogP contribution in [0.3, 0.4) is 0 Å². The molecule has 0 bridgehead atoms. The van der Waals surface area contributed by atoms with E-state index in [1.54, 1.807) is 12.1 Å². The number of ether oxygens (including phenoxy) is 3. The zero-order chi connectivity index (χ0) is 22.3. The summed E-state index contributed by atoms with van der Waals surface area (Å²) in [5, 5.41) is 10.3. The van der Waals surface area contributed by atoms with Gasteiger partial charge in [-0.3, -0.25) is 4.79 Å². The molecule has 164 valence electrons. The molecule has 0 fully saturated rings. The number of alkyl halides is 1. The molecule has 0 saturated carbocycles. The van der Waals surface area contributed by atoms with Crippen LogP contribution in [0.15, 0.2) is 36.4 Å². The predicted octanol–water partition coefficient (Wildman–Crippen LogP) is 4.89. The third-order valence-electron chi connectivity index (χ3n) is 4.60. The molecule has 0 saturated heterocycles. The van der Waals surface area contributed by atoms with Gasteiger partial charge in [-0.1, -0.05) is 49.2 Å². The van der Waals surface area contributed by atoms with Crippen LogP contribution in [0.1, 0.15) is 25.0 Å². The van der Waals surface area contributed by atoms with Crippen LogP contribution in [-0.4, -0.2) is 49.8 Å². The summed E-state index contributed by atoms with van der Waals surface area (Å²) < 4.78 is 15.8. The fraction of sp³-hybridized carbons (Fsp3) is 0.409. The maximum atomic E-state index is 11.5. The average Bonchev–Trinajstić information content (AvgIpc) is 2.71. The lowest BCUT2D eigenvalue weighted by Crippen LogP contribution is -2.21. The van der Waals surface area contributed by atoms with E-state index in [1.807, 2.05) is 38.1 Å². The smallest absolute Gasteiger partial charge is 0.195 e. The summed E-state index contributed by atoms with van der Waals surface area (Å²) >= 11 is 18.4. The molecule has 2 aromatic carbocycles. The molecular weight excluding hydrogens is 451 g/mol. The Morgan fingerprint density at radius 2 is 1.63 bits per heavy atom. The molecule has 0 aliphatic heterocycles. The van der Waals surface area contributed by atoms with Gasteiger partial charge in [0.2, 0.25) is 0 Å². The SMILES string of the molecule is COCC(=O)COc1ccc(C(C)(C)c2cc(Cl)c(OC[C@@H](O)CCl)c(Cl)c2)cc1. The predicted molar refractivity (Wildman–Crippen MR) is 120 cm³/mol. The molecule has 2 rings (SSSR count). The van der Waals surface area contributed by atoms with E-state index in [-0.39, 0.29) is 31.5 Å². The Morgan fingerprint density at radius 1 is 1.03 bits per heavy atom. The molecule has 0 spiro atoms. The highest BCUT2D eigenvalue weighted by Gasteiger charge is 2.26. The Balaban J connectivity index is 2.17. The fourth-order valence-corrected chi connectivity index (χ4v) is 3.47. The van der Waals surface area contributed by atoms with Gasteiger partial charge in [-0.25, -0.2) is 0 Å². The van der Waals surface area contributed by atoms with Crippen molar-refractivity contribution in [1.82, 2.24) is 0 Å². The van der Waals surface area contributed by atoms with Crippen LogP contribution in [0.2, 0.25) is 10.0 Å². The zero-order valence-corrected chi connectivity index (χ0v) is 19.4. The summed E-state index contributed by atoms with van der Waals surface area (Å²) in [6.45, 7) is 4.08. The normalized spacial score (nSPS) is 12.5. The van der Waals surface area contributed by atoms with E-state index >= 15 is 0 Å². The Kier molecular flexibility index (Phi) is 9.26. The van der Waals surface area contributed by atoms with Crippen LogP contribution < -0.4 is 9.47 Å². The Morgan fingerprint density at radius 3 is 2.17 bits per heavy atom. The number of rotatable bonds is 11. The number of Topliss-reactive ketones (excluding diaryl/α,β-unsaturated/α-hetero) is 1. The fourth-order valence-electron chi connectivity index (χ4n) is 2.78. The van der Waals surface area contributed by atoms with Crippen molar-refractivity contribution in [2.24, 2.45) is 0 Å². The van der Waals surface area contributed by atoms with Crippen LogP contribution in [0, 0.1) is 0 Å². The molecule has 0 unspecified atom stereocenters. The van der Waals surface area contributed by atoms with Gasteiger partial charge in [-0.05, 0) is 35.4 Å². The molecule has 2 aromatic rings. The molecule has 0 aromatic heterocycles. The summed E-state index contributed by atoms with van der Waals surface area (Å²) in [5.41, 5.74) is 1.49. The molecule has 0 aliphatic carbocycles. The molecule has 1 atom stereocenters. The van der Waals surface area contributed by atoms with E-state index < -0.39 is 11.5 Å². The standard InChI is InChI=1S/C22H25Cl3O5/c1-22(2,14-4-6-18(7-5-14)29-13-17(27)11-28-3)15-8-19(24)21(20(25)9-15)30-12-16(26)10-23/h4-9,16,26H,10-13H2,1-3H3/t16-/m0/s1. The molecule has 8 heteroatoms. The third-order valence-corrected chi connectivity index (χ3v) is 5.52.